The van der Waals surface area contributed by atoms with Gasteiger partial charge < -0.3 is 20.1 Å². The summed E-state index contributed by atoms with van der Waals surface area (Å²) in [6.45, 7) is 3.87. The first-order chi connectivity index (χ1) is 9.56. The minimum absolute atomic E-state index is 0.0502. The third-order valence-electron chi connectivity index (χ3n) is 3.70. The number of amides is 2. The SMILES string of the molecule is CCCC(COC)NC(=O)N1CCC(CC(=O)O)CC1. The minimum Gasteiger partial charge on any atom is -0.481 e. The van der Waals surface area contributed by atoms with Gasteiger partial charge in [0.25, 0.3) is 0 Å². The Balaban J connectivity index is 2.35. The number of aliphatic carboxylic acids is 1. The number of hydrogen-bond acceptors (Lipinski definition) is 3. The first kappa shape index (κ1) is 16.8. The molecule has 2 N–H and O–H groups in total. The standard InChI is InChI=1S/C14H26N2O4/c1-3-4-12(10-20-2)15-14(19)16-7-5-11(6-8-16)9-13(17)18/h11-12H,3-10H2,1-2H3,(H,15,19)(H,17,18). The molecule has 0 radical (unpaired) electrons. The van der Waals surface area contributed by atoms with Crippen LogP contribution >= 0.6 is 0 Å². The van der Waals surface area contributed by atoms with E-state index in [4.69, 9.17) is 9.84 Å². The van der Waals surface area contributed by atoms with Crippen molar-refractivity contribution in [1.82, 2.24) is 10.2 Å². The number of methoxy groups -OCH3 is 1. The first-order valence-corrected chi connectivity index (χ1v) is 7.33. The molecule has 0 spiro atoms. The Morgan fingerprint density at radius 2 is 2.05 bits per heavy atom. The summed E-state index contributed by atoms with van der Waals surface area (Å²) < 4.78 is 5.11. The molecule has 0 aliphatic carbocycles. The Morgan fingerprint density at radius 3 is 2.55 bits per heavy atom. The van der Waals surface area contributed by atoms with Gasteiger partial charge in [0.05, 0.1) is 12.6 Å². The third kappa shape index (κ3) is 5.77. The summed E-state index contributed by atoms with van der Waals surface area (Å²) in [6.07, 6.45) is 3.63. The number of carbonyl (C=O) groups excluding carboxylic acids is 1. The van der Waals surface area contributed by atoms with Crippen LogP contribution in [0.25, 0.3) is 0 Å². The predicted octanol–water partition coefficient (Wildman–Crippen LogP) is 1.70. The van der Waals surface area contributed by atoms with Crippen molar-refractivity contribution < 1.29 is 19.4 Å². The smallest absolute Gasteiger partial charge is 0.317 e. The lowest BCUT2D eigenvalue weighted by molar-refractivity contribution is -0.138. The second-order valence-electron chi connectivity index (χ2n) is 5.42. The molecule has 0 aromatic heterocycles. The van der Waals surface area contributed by atoms with E-state index in [9.17, 15) is 9.59 Å². The molecule has 0 aromatic carbocycles. The highest BCUT2D eigenvalue weighted by Gasteiger charge is 2.25. The minimum atomic E-state index is -0.754. The molecule has 2 amide bonds. The highest BCUT2D eigenvalue weighted by Crippen LogP contribution is 2.20. The molecule has 1 aliphatic heterocycles. The molecule has 1 unspecified atom stereocenters. The molecular formula is C14H26N2O4. The summed E-state index contributed by atoms with van der Waals surface area (Å²) in [7, 11) is 1.63. The lowest BCUT2D eigenvalue weighted by atomic mass is 9.94. The quantitative estimate of drug-likeness (QED) is 0.746. The van der Waals surface area contributed by atoms with Crippen molar-refractivity contribution in [2.75, 3.05) is 26.8 Å². The molecule has 0 aromatic rings. The Hall–Kier alpha value is -1.30. The summed E-state index contributed by atoms with van der Waals surface area (Å²) >= 11 is 0. The average molecular weight is 286 g/mol. The fourth-order valence-electron chi connectivity index (χ4n) is 2.60. The Bertz CT molecular complexity index is 308. The van der Waals surface area contributed by atoms with Crippen LogP contribution in [-0.2, 0) is 9.53 Å². The average Bonchev–Trinajstić information content (AvgIpc) is 2.39. The lowest BCUT2D eigenvalue weighted by Gasteiger charge is -2.32. The zero-order valence-corrected chi connectivity index (χ0v) is 12.4. The van der Waals surface area contributed by atoms with Crippen LogP contribution in [0.15, 0.2) is 0 Å². The van der Waals surface area contributed by atoms with Gasteiger partial charge in [-0.3, -0.25) is 4.79 Å². The van der Waals surface area contributed by atoms with Gasteiger partial charge >= 0.3 is 12.0 Å². The number of ether oxygens (including phenoxy) is 1. The van der Waals surface area contributed by atoms with E-state index in [-0.39, 0.29) is 24.4 Å². The summed E-state index contributed by atoms with van der Waals surface area (Å²) in [5.74, 6) is -0.557. The number of rotatable bonds is 7. The van der Waals surface area contributed by atoms with Gasteiger partial charge in [-0.15, -0.1) is 0 Å². The number of carbonyl (C=O) groups is 2. The molecule has 116 valence electrons. The number of urea groups is 1. The van der Waals surface area contributed by atoms with Crippen LogP contribution in [0.4, 0.5) is 4.79 Å². The number of carboxylic acid groups (broad SMARTS) is 1. The third-order valence-corrected chi connectivity index (χ3v) is 3.70. The van der Waals surface area contributed by atoms with E-state index < -0.39 is 5.97 Å². The van der Waals surface area contributed by atoms with Crippen molar-refractivity contribution in [3.8, 4) is 0 Å². The number of nitrogens with one attached hydrogen (secondary N) is 1. The maximum Gasteiger partial charge on any atom is 0.317 e. The molecule has 6 nitrogen and oxygen atoms in total. The fraction of sp³-hybridized carbons (Fsp3) is 0.857. The summed E-state index contributed by atoms with van der Waals surface area (Å²) in [5.41, 5.74) is 0. The van der Waals surface area contributed by atoms with Crippen LogP contribution in [0.2, 0.25) is 0 Å². The van der Waals surface area contributed by atoms with Crippen molar-refractivity contribution in [2.45, 2.75) is 45.1 Å². The second-order valence-corrected chi connectivity index (χ2v) is 5.42. The fourth-order valence-corrected chi connectivity index (χ4v) is 2.60. The maximum atomic E-state index is 12.1. The van der Waals surface area contributed by atoms with Gasteiger partial charge in [-0.25, -0.2) is 4.79 Å². The molecule has 1 heterocycles. The monoisotopic (exact) mass is 286 g/mol. The molecule has 1 aliphatic rings. The molecule has 1 rings (SSSR count). The van der Waals surface area contributed by atoms with Crippen LogP contribution in [0.1, 0.15) is 39.0 Å². The highest BCUT2D eigenvalue weighted by molar-refractivity contribution is 5.74. The lowest BCUT2D eigenvalue weighted by Crippen LogP contribution is -2.49. The van der Waals surface area contributed by atoms with Gasteiger partial charge in [0.1, 0.15) is 0 Å². The Labute approximate surface area is 120 Å². The second kappa shape index (κ2) is 8.79. The van der Waals surface area contributed by atoms with Crippen LogP contribution in [0.3, 0.4) is 0 Å². The van der Waals surface area contributed by atoms with Crippen molar-refractivity contribution in [3.05, 3.63) is 0 Å². The largest absolute Gasteiger partial charge is 0.481 e. The van der Waals surface area contributed by atoms with Crippen molar-refractivity contribution in [3.63, 3.8) is 0 Å². The van der Waals surface area contributed by atoms with Crippen LogP contribution in [0.5, 0.6) is 0 Å². The van der Waals surface area contributed by atoms with Gasteiger partial charge in [0.2, 0.25) is 0 Å². The zero-order chi connectivity index (χ0) is 15.0. The van der Waals surface area contributed by atoms with E-state index in [1.807, 2.05) is 0 Å². The van der Waals surface area contributed by atoms with Gasteiger partial charge in [0.15, 0.2) is 0 Å². The Kier molecular flexibility index (Phi) is 7.36. The molecule has 6 heteroatoms. The van der Waals surface area contributed by atoms with E-state index in [0.717, 1.165) is 25.7 Å². The van der Waals surface area contributed by atoms with Gasteiger partial charge in [-0.05, 0) is 25.2 Å². The summed E-state index contributed by atoms with van der Waals surface area (Å²) in [6, 6.07) is -0.0106. The topological polar surface area (TPSA) is 78.9 Å². The normalized spacial score (nSPS) is 17.8. The van der Waals surface area contributed by atoms with Gasteiger partial charge in [-0.1, -0.05) is 13.3 Å². The van der Waals surface area contributed by atoms with Crippen molar-refractivity contribution >= 4 is 12.0 Å². The molecule has 0 saturated carbocycles. The van der Waals surface area contributed by atoms with Crippen LogP contribution in [-0.4, -0.2) is 54.9 Å². The maximum absolute atomic E-state index is 12.1. The summed E-state index contributed by atoms with van der Waals surface area (Å²) in [5, 5.41) is 11.8. The Morgan fingerprint density at radius 1 is 1.40 bits per heavy atom. The molecule has 1 atom stereocenters. The molecule has 1 saturated heterocycles. The van der Waals surface area contributed by atoms with E-state index in [1.165, 1.54) is 0 Å². The molecule has 20 heavy (non-hydrogen) atoms. The number of carboxylic acids is 1. The van der Waals surface area contributed by atoms with Gasteiger partial charge in [0, 0.05) is 26.6 Å². The van der Waals surface area contributed by atoms with Crippen molar-refractivity contribution in [1.29, 1.82) is 0 Å². The molecule has 1 fully saturated rings. The summed E-state index contributed by atoms with van der Waals surface area (Å²) in [4.78, 5) is 24.6. The number of nitrogens with zero attached hydrogens (tertiary/aromatic N) is 1. The van der Waals surface area contributed by atoms with E-state index in [2.05, 4.69) is 12.2 Å². The number of hydrogen-bond donors (Lipinski definition) is 2. The number of piperidine rings is 1. The predicted molar refractivity (Wildman–Crippen MR) is 75.7 cm³/mol. The highest BCUT2D eigenvalue weighted by atomic mass is 16.5. The van der Waals surface area contributed by atoms with Crippen LogP contribution < -0.4 is 5.32 Å². The first-order valence-electron chi connectivity index (χ1n) is 7.33. The van der Waals surface area contributed by atoms with Gasteiger partial charge in [-0.2, -0.15) is 0 Å². The molecular weight excluding hydrogens is 260 g/mol. The van der Waals surface area contributed by atoms with Crippen molar-refractivity contribution in [2.24, 2.45) is 5.92 Å². The van der Waals surface area contributed by atoms with E-state index in [1.54, 1.807) is 12.0 Å². The van der Waals surface area contributed by atoms with Crippen LogP contribution in [0, 0.1) is 5.92 Å². The number of likely N-dealkylation sites (tertiary alicyclic amines) is 1. The zero-order valence-electron chi connectivity index (χ0n) is 12.4. The molecule has 0 bridgehead atoms. The van der Waals surface area contributed by atoms with E-state index >= 15 is 0 Å². The van der Waals surface area contributed by atoms with E-state index in [0.29, 0.717) is 19.7 Å².